The summed E-state index contributed by atoms with van der Waals surface area (Å²) >= 11 is 0. The van der Waals surface area contributed by atoms with Gasteiger partial charge in [0.1, 0.15) is 17.1 Å². The van der Waals surface area contributed by atoms with Crippen LogP contribution in [0.3, 0.4) is 0 Å². The fourth-order valence-corrected chi connectivity index (χ4v) is 3.71. The molecule has 4 rings (SSSR count). The van der Waals surface area contributed by atoms with Crippen molar-refractivity contribution in [1.82, 2.24) is 19.6 Å². The Labute approximate surface area is 169 Å². The van der Waals surface area contributed by atoms with E-state index < -0.39 is 0 Å². The molecule has 3 aromatic rings. The molecule has 7 heteroatoms. The second kappa shape index (κ2) is 8.34. The van der Waals surface area contributed by atoms with Crippen LogP contribution in [0.5, 0.6) is 0 Å². The summed E-state index contributed by atoms with van der Waals surface area (Å²) in [7, 11) is 0. The molecule has 0 aromatic carbocycles. The van der Waals surface area contributed by atoms with Gasteiger partial charge in [-0.25, -0.2) is 4.98 Å². The third-order valence-electron chi connectivity index (χ3n) is 5.33. The molecule has 1 fully saturated rings. The predicted molar refractivity (Wildman–Crippen MR) is 109 cm³/mol. The van der Waals surface area contributed by atoms with Crippen LogP contribution in [-0.4, -0.2) is 45.7 Å². The first-order valence-corrected chi connectivity index (χ1v) is 9.84. The van der Waals surface area contributed by atoms with Gasteiger partial charge in [0, 0.05) is 31.9 Å². The van der Waals surface area contributed by atoms with Crippen molar-refractivity contribution in [2.45, 2.75) is 19.8 Å². The zero-order chi connectivity index (χ0) is 20.2. The van der Waals surface area contributed by atoms with Gasteiger partial charge in [0.2, 0.25) is 5.91 Å². The summed E-state index contributed by atoms with van der Waals surface area (Å²) in [6.45, 7) is 3.83. The van der Waals surface area contributed by atoms with Crippen molar-refractivity contribution < 1.29 is 14.0 Å². The number of hydrogen-bond acceptors (Lipinski definition) is 4. The van der Waals surface area contributed by atoms with E-state index in [1.807, 2.05) is 46.7 Å². The molecule has 1 N–H and O–H groups in total. The van der Waals surface area contributed by atoms with Crippen LogP contribution in [0.4, 0.5) is 0 Å². The van der Waals surface area contributed by atoms with E-state index in [9.17, 15) is 9.59 Å². The van der Waals surface area contributed by atoms with E-state index in [4.69, 9.17) is 4.42 Å². The zero-order valence-electron chi connectivity index (χ0n) is 16.4. The van der Waals surface area contributed by atoms with E-state index in [0.717, 1.165) is 24.2 Å². The van der Waals surface area contributed by atoms with Crippen LogP contribution in [0.1, 0.15) is 34.8 Å². The van der Waals surface area contributed by atoms with Crippen LogP contribution in [0.2, 0.25) is 0 Å². The Balaban J connectivity index is 1.28. The number of rotatable bonds is 5. The van der Waals surface area contributed by atoms with Gasteiger partial charge in [-0.2, -0.15) is 0 Å². The monoisotopic (exact) mass is 392 g/mol. The van der Waals surface area contributed by atoms with Gasteiger partial charge >= 0.3 is 0 Å². The fraction of sp³-hybridized carbons (Fsp3) is 0.318. The topological polar surface area (TPSA) is 79.9 Å². The molecule has 4 heterocycles. The minimum atomic E-state index is -0.110. The average Bonchev–Trinajstić information content (AvgIpc) is 3.37. The molecule has 0 bridgehead atoms. The lowest BCUT2D eigenvalue weighted by molar-refractivity contribution is -0.127. The van der Waals surface area contributed by atoms with Gasteiger partial charge in [0.25, 0.3) is 5.91 Å². The third-order valence-corrected chi connectivity index (χ3v) is 5.33. The van der Waals surface area contributed by atoms with Crippen molar-refractivity contribution in [2.24, 2.45) is 5.92 Å². The molecule has 150 valence electrons. The van der Waals surface area contributed by atoms with E-state index >= 15 is 0 Å². The Morgan fingerprint density at radius 1 is 1.24 bits per heavy atom. The smallest absolute Gasteiger partial charge is 0.270 e. The maximum absolute atomic E-state index is 12.7. The second-order valence-corrected chi connectivity index (χ2v) is 7.30. The number of aromatic nitrogens is 2. The summed E-state index contributed by atoms with van der Waals surface area (Å²) < 4.78 is 7.02. The second-order valence-electron chi connectivity index (χ2n) is 7.30. The van der Waals surface area contributed by atoms with Gasteiger partial charge in [-0.15, -0.1) is 0 Å². The summed E-state index contributed by atoms with van der Waals surface area (Å²) in [5.74, 6) is 0.904. The van der Waals surface area contributed by atoms with E-state index in [1.165, 1.54) is 0 Å². The number of hydrogen-bond donors (Lipinski definition) is 1. The molecule has 3 aromatic heterocycles. The molecule has 1 saturated heterocycles. The number of furan rings is 1. The lowest BCUT2D eigenvalue weighted by Crippen LogP contribution is -2.41. The van der Waals surface area contributed by atoms with Crippen LogP contribution >= 0.6 is 0 Å². The van der Waals surface area contributed by atoms with E-state index in [2.05, 4.69) is 10.3 Å². The molecule has 0 radical (unpaired) electrons. The first kappa shape index (κ1) is 19.0. The summed E-state index contributed by atoms with van der Waals surface area (Å²) in [6, 6.07) is 9.28. The number of fused-ring (bicyclic) bond motifs is 1. The van der Waals surface area contributed by atoms with Gasteiger partial charge in [-0.3, -0.25) is 14.0 Å². The van der Waals surface area contributed by atoms with Gasteiger partial charge in [0.15, 0.2) is 0 Å². The van der Waals surface area contributed by atoms with Gasteiger partial charge in [-0.05, 0) is 56.0 Å². The molecule has 1 aliphatic heterocycles. The van der Waals surface area contributed by atoms with Gasteiger partial charge < -0.3 is 14.6 Å². The van der Waals surface area contributed by atoms with Gasteiger partial charge in [-0.1, -0.05) is 6.07 Å². The third kappa shape index (κ3) is 4.23. The minimum absolute atomic E-state index is 0.00904. The molecule has 29 heavy (non-hydrogen) atoms. The molecule has 7 nitrogen and oxygen atoms in total. The Morgan fingerprint density at radius 2 is 2.07 bits per heavy atom. The van der Waals surface area contributed by atoms with Crippen molar-refractivity contribution in [3.8, 4) is 0 Å². The minimum Gasteiger partial charge on any atom is -0.465 e. The molecule has 1 aliphatic rings. The van der Waals surface area contributed by atoms with Crippen molar-refractivity contribution in [3.05, 3.63) is 66.0 Å². The molecule has 0 unspecified atom stereocenters. The average molecular weight is 392 g/mol. The van der Waals surface area contributed by atoms with Crippen LogP contribution in [0.25, 0.3) is 11.7 Å². The normalized spacial score (nSPS) is 15.3. The standard InChI is InChI=1S/C22H24N4O3/c1-16-21(26-11-3-2-6-19(26)24-16)22(28)23-15-17-9-12-25(13-10-17)20(27)8-7-18-5-4-14-29-18/h2-8,11,14,17H,9-10,12-13,15H2,1H3,(H,23,28)/b8-7+. The Bertz CT molecular complexity index is 1030. The molecule has 0 saturated carbocycles. The highest BCUT2D eigenvalue weighted by atomic mass is 16.3. The summed E-state index contributed by atoms with van der Waals surface area (Å²) in [4.78, 5) is 31.3. The Hall–Kier alpha value is -3.35. The summed E-state index contributed by atoms with van der Waals surface area (Å²) in [6.07, 6.45) is 8.41. The van der Waals surface area contributed by atoms with Gasteiger partial charge in [0.05, 0.1) is 12.0 Å². The van der Waals surface area contributed by atoms with Crippen LogP contribution in [0, 0.1) is 12.8 Å². The zero-order valence-corrected chi connectivity index (χ0v) is 16.4. The lowest BCUT2D eigenvalue weighted by Gasteiger charge is -2.31. The molecular formula is C22H24N4O3. The first-order valence-electron chi connectivity index (χ1n) is 9.84. The molecule has 0 spiro atoms. The molecule has 2 amide bonds. The lowest BCUT2D eigenvalue weighted by atomic mass is 9.96. The van der Waals surface area contributed by atoms with Crippen LogP contribution in [0.15, 0.2) is 53.3 Å². The number of likely N-dealkylation sites (tertiary alicyclic amines) is 1. The number of imidazole rings is 1. The van der Waals surface area contributed by atoms with Crippen molar-refractivity contribution >= 4 is 23.5 Å². The van der Waals surface area contributed by atoms with Crippen LogP contribution < -0.4 is 5.32 Å². The Kier molecular flexibility index (Phi) is 5.46. The molecule has 0 aliphatic carbocycles. The first-order chi connectivity index (χ1) is 14.1. The van der Waals surface area contributed by atoms with Crippen molar-refractivity contribution in [2.75, 3.05) is 19.6 Å². The highest BCUT2D eigenvalue weighted by Crippen LogP contribution is 2.18. The number of carbonyl (C=O) groups is 2. The van der Waals surface area contributed by atoms with E-state index in [0.29, 0.717) is 37.0 Å². The fourth-order valence-electron chi connectivity index (χ4n) is 3.71. The quantitative estimate of drug-likeness (QED) is 0.677. The Morgan fingerprint density at radius 3 is 2.83 bits per heavy atom. The summed E-state index contributed by atoms with van der Waals surface area (Å²) in [5, 5.41) is 3.05. The predicted octanol–water partition coefficient (Wildman–Crippen LogP) is 2.92. The number of piperidine rings is 1. The number of amides is 2. The molecular weight excluding hydrogens is 368 g/mol. The number of aryl methyl sites for hydroxylation is 1. The largest absolute Gasteiger partial charge is 0.465 e. The maximum atomic E-state index is 12.7. The number of nitrogens with one attached hydrogen (secondary N) is 1. The van der Waals surface area contributed by atoms with Crippen molar-refractivity contribution in [3.63, 3.8) is 0 Å². The van der Waals surface area contributed by atoms with E-state index in [1.54, 1.807) is 24.5 Å². The molecule has 0 atom stereocenters. The van der Waals surface area contributed by atoms with Crippen molar-refractivity contribution in [1.29, 1.82) is 0 Å². The number of nitrogens with zero attached hydrogens (tertiary/aromatic N) is 3. The SMILES string of the molecule is Cc1nc2ccccn2c1C(=O)NCC1CCN(C(=O)/C=C/c2ccco2)CC1. The maximum Gasteiger partial charge on any atom is 0.270 e. The number of carbonyl (C=O) groups excluding carboxylic acids is 2. The highest BCUT2D eigenvalue weighted by molar-refractivity contribution is 5.94. The highest BCUT2D eigenvalue weighted by Gasteiger charge is 2.23. The van der Waals surface area contributed by atoms with E-state index in [-0.39, 0.29) is 11.8 Å². The summed E-state index contributed by atoms with van der Waals surface area (Å²) in [5.41, 5.74) is 2.07. The van der Waals surface area contributed by atoms with Crippen LogP contribution in [-0.2, 0) is 4.79 Å². The number of pyridine rings is 1.